The number of benzene rings is 1. The lowest BCUT2D eigenvalue weighted by atomic mass is 9.99. The van der Waals surface area contributed by atoms with Crippen LogP contribution in [0.3, 0.4) is 0 Å². The minimum absolute atomic E-state index is 0.0947. The Hall–Kier alpha value is -1.60. The first-order valence-electron chi connectivity index (χ1n) is 6.79. The number of anilines is 2. The van der Waals surface area contributed by atoms with Crippen LogP contribution in [-0.2, 0) is 14.8 Å². The Morgan fingerprint density at radius 3 is 2.48 bits per heavy atom. The predicted octanol–water partition coefficient (Wildman–Crippen LogP) is 1.68. The van der Waals surface area contributed by atoms with Crippen molar-refractivity contribution >= 4 is 27.3 Å². The SMILES string of the molecule is CCC(C)[C@H](N)C(=O)Nc1ccc(NS(C)(=O)=O)c(C)c1. The zero-order valence-corrected chi connectivity index (χ0v) is 13.6. The van der Waals surface area contributed by atoms with Gasteiger partial charge in [0, 0.05) is 5.69 Å². The van der Waals surface area contributed by atoms with Gasteiger partial charge in [0.15, 0.2) is 0 Å². The topological polar surface area (TPSA) is 101 Å². The molecule has 0 saturated heterocycles. The third-order valence-electron chi connectivity index (χ3n) is 3.35. The molecule has 21 heavy (non-hydrogen) atoms. The van der Waals surface area contributed by atoms with Gasteiger partial charge in [-0.2, -0.15) is 0 Å². The summed E-state index contributed by atoms with van der Waals surface area (Å²) in [6, 6.07) is 4.39. The van der Waals surface area contributed by atoms with E-state index in [1.165, 1.54) is 0 Å². The van der Waals surface area contributed by atoms with Gasteiger partial charge in [0.1, 0.15) is 0 Å². The van der Waals surface area contributed by atoms with Gasteiger partial charge in [-0.3, -0.25) is 9.52 Å². The number of nitrogens with one attached hydrogen (secondary N) is 2. The van der Waals surface area contributed by atoms with E-state index in [4.69, 9.17) is 5.73 Å². The molecule has 1 aromatic carbocycles. The molecule has 0 aromatic heterocycles. The standard InChI is InChI=1S/C14H23N3O3S/c1-5-9(2)13(15)14(18)16-11-6-7-12(10(3)8-11)17-21(4,19)20/h6-9,13,17H,5,15H2,1-4H3,(H,16,18)/t9?,13-/m0/s1. The first-order chi connectivity index (χ1) is 9.64. The largest absolute Gasteiger partial charge is 0.325 e. The molecular formula is C14H23N3O3S. The van der Waals surface area contributed by atoms with E-state index in [1.54, 1.807) is 25.1 Å². The van der Waals surface area contributed by atoms with Crippen molar-refractivity contribution in [1.82, 2.24) is 0 Å². The fraction of sp³-hybridized carbons (Fsp3) is 0.500. The van der Waals surface area contributed by atoms with Crippen molar-refractivity contribution in [2.24, 2.45) is 11.7 Å². The molecule has 0 spiro atoms. The normalized spacial score (nSPS) is 14.3. The molecule has 1 aromatic rings. The quantitative estimate of drug-likeness (QED) is 0.743. The summed E-state index contributed by atoms with van der Waals surface area (Å²) in [7, 11) is -3.32. The van der Waals surface area contributed by atoms with Crippen LogP contribution < -0.4 is 15.8 Å². The van der Waals surface area contributed by atoms with Crippen LogP contribution in [0.4, 0.5) is 11.4 Å². The first-order valence-corrected chi connectivity index (χ1v) is 8.68. The number of aryl methyl sites for hydroxylation is 1. The fourth-order valence-corrected chi connectivity index (χ4v) is 2.42. The maximum Gasteiger partial charge on any atom is 0.241 e. The van der Waals surface area contributed by atoms with E-state index in [0.29, 0.717) is 11.4 Å². The molecule has 0 bridgehead atoms. The molecule has 1 amide bonds. The molecule has 6 nitrogen and oxygen atoms in total. The lowest BCUT2D eigenvalue weighted by Gasteiger charge is -2.18. The van der Waals surface area contributed by atoms with Crippen molar-refractivity contribution in [3.8, 4) is 0 Å². The van der Waals surface area contributed by atoms with Gasteiger partial charge in [-0.25, -0.2) is 8.42 Å². The van der Waals surface area contributed by atoms with Crippen LogP contribution in [0.2, 0.25) is 0 Å². The third kappa shape index (κ3) is 5.35. The van der Waals surface area contributed by atoms with Crippen LogP contribution in [0, 0.1) is 12.8 Å². The van der Waals surface area contributed by atoms with Gasteiger partial charge >= 0.3 is 0 Å². The van der Waals surface area contributed by atoms with Gasteiger partial charge in [0.2, 0.25) is 15.9 Å². The highest BCUT2D eigenvalue weighted by Crippen LogP contribution is 2.21. The highest BCUT2D eigenvalue weighted by Gasteiger charge is 2.19. The Bertz CT molecular complexity index is 614. The van der Waals surface area contributed by atoms with E-state index >= 15 is 0 Å². The summed E-state index contributed by atoms with van der Waals surface area (Å²) in [6.45, 7) is 5.67. The highest BCUT2D eigenvalue weighted by atomic mass is 32.2. The van der Waals surface area contributed by atoms with Gasteiger partial charge < -0.3 is 11.1 Å². The first kappa shape index (κ1) is 17.5. The van der Waals surface area contributed by atoms with Crippen LogP contribution >= 0.6 is 0 Å². The molecule has 0 heterocycles. The average Bonchev–Trinajstić information content (AvgIpc) is 2.38. The summed E-state index contributed by atoms with van der Waals surface area (Å²) in [5, 5.41) is 2.75. The molecule has 1 unspecified atom stereocenters. The molecule has 0 aliphatic rings. The second kappa shape index (κ2) is 6.91. The number of sulfonamides is 1. The molecule has 1 rings (SSSR count). The zero-order valence-electron chi connectivity index (χ0n) is 12.8. The smallest absolute Gasteiger partial charge is 0.241 e. The number of amides is 1. The number of rotatable bonds is 6. The van der Waals surface area contributed by atoms with Gasteiger partial charge in [-0.05, 0) is 36.6 Å². The number of hydrogen-bond acceptors (Lipinski definition) is 4. The summed E-state index contributed by atoms with van der Waals surface area (Å²) >= 11 is 0. The van der Waals surface area contributed by atoms with Crippen molar-refractivity contribution in [2.45, 2.75) is 33.2 Å². The Morgan fingerprint density at radius 2 is 2.00 bits per heavy atom. The average molecular weight is 313 g/mol. The molecule has 7 heteroatoms. The molecule has 2 atom stereocenters. The van der Waals surface area contributed by atoms with Crippen molar-refractivity contribution in [2.75, 3.05) is 16.3 Å². The molecule has 0 radical (unpaired) electrons. The lowest BCUT2D eigenvalue weighted by Crippen LogP contribution is -2.40. The van der Waals surface area contributed by atoms with Crippen molar-refractivity contribution in [1.29, 1.82) is 0 Å². The van der Waals surface area contributed by atoms with E-state index < -0.39 is 16.1 Å². The molecule has 0 aliphatic carbocycles. The van der Waals surface area contributed by atoms with E-state index in [9.17, 15) is 13.2 Å². The number of carbonyl (C=O) groups is 1. The van der Waals surface area contributed by atoms with Crippen LogP contribution in [0.5, 0.6) is 0 Å². The molecular weight excluding hydrogens is 290 g/mol. The van der Waals surface area contributed by atoms with Crippen molar-refractivity contribution in [3.63, 3.8) is 0 Å². The maximum atomic E-state index is 12.0. The number of nitrogens with two attached hydrogens (primary N) is 1. The van der Waals surface area contributed by atoms with E-state index in [0.717, 1.165) is 18.2 Å². The highest BCUT2D eigenvalue weighted by molar-refractivity contribution is 7.92. The van der Waals surface area contributed by atoms with Crippen LogP contribution in [0.25, 0.3) is 0 Å². The molecule has 0 aliphatic heterocycles. The van der Waals surface area contributed by atoms with Gasteiger partial charge in [0.05, 0.1) is 18.0 Å². The maximum absolute atomic E-state index is 12.0. The summed E-state index contributed by atoms with van der Waals surface area (Å²) in [5.41, 5.74) is 7.67. The Labute approximate surface area is 126 Å². The number of hydrogen-bond donors (Lipinski definition) is 3. The Balaban J connectivity index is 2.83. The minimum Gasteiger partial charge on any atom is -0.325 e. The van der Waals surface area contributed by atoms with Gasteiger partial charge in [-0.15, -0.1) is 0 Å². The van der Waals surface area contributed by atoms with E-state index in [1.807, 2.05) is 13.8 Å². The molecule has 118 valence electrons. The van der Waals surface area contributed by atoms with Gasteiger partial charge in [-0.1, -0.05) is 20.3 Å². The predicted molar refractivity (Wildman–Crippen MR) is 85.7 cm³/mol. The molecule has 0 saturated carbocycles. The molecule has 0 fully saturated rings. The molecule has 4 N–H and O–H groups in total. The van der Waals surface area contributed by atoms with Crippen molar-refractivity contribution < 1.29 is 13.2 Å². The Morgan fingerprint density at radius 1 is 1.38 bits per heavy atom. The van der Waals surface area contributed by atoms with Crippen molar-refractivity contribution in [3.05, 3.63) is 23.8 Å². The van der Waals surface area contributed by atoms with Gasteiger partial charge in [0.25, 0.3) is 0 Å². The summed E-state index contributed by atoms with van der Waals surface area (Å²) in [4.78, 5) is 12.0. The zero-order chi connectivity index (χ0) is 16.2. The second-order valence-electron chi connectivity index (χ2n) is 5.30. The monoisotopic (exact) mass is 313 g/mol. The van der Waals surface area contributed by atoms with E-state index in [-0.39, 0.29) is 11.8 Å². The van der Waals surface area contributed by atoms with Crippen LogP contribution in [0.15, 0.2) is 18.2 Å². The summed E-state index contributed by atoms with van der Waals surface area (Å²) in [5.74, 6) is -0.148. The van der Waals surface area contributed by atoms with Crippen LogP contribution in [-0.4, -0.2) is 26.6 Å². The Kier molecular flexibility index (Phi) is 5.74. The fourth-order valence-electron chi connectivity index (χ4n) is 1.79. The van der Waals surface area contributed by atoms with Crippen LogP contribution in [0.1, 0.15) is 25.8 Å². The third-order valence-corrected chi connectivity index (χ3v) is 3.94. The number of carbonyl (C=O) groups excluding carboxylic acids is 1. The second-order valence-corrected chi connectivity index (χ2v) is 7.05. The van der Waals surface area contributed by atoms with E-state index in [2.05, 4.69) is 10.0 Å². The summed E-state index contributed by atoms with van der Waals surface area (Å²) in [6.07, 6.45) is 1.91. The summed E-state index contributed by atoms with van der Waals surface area (Å²) < 4.78 is 24.8. The lowest BCUT2D eigenvalue weighted by molar-refractivity contribution is -0.118. The minimum atomic E-state index is -3.32.